The van der Waals surface area contributed by atoms with E-state index in [1.807, 2.05) is 60.7 Å². The molecule has 2 aromatic carbocycles. The minimum Gasteiger partial charge on any atom is -0.444 e. The van der Waals surface area contributed by atoms with Crippen LogP contribution in [0.4, 0.5) is 4.79 Å². The zero-order chi connectivity index (χ0) is 19.1. The summed E-state index contributed by atoms with van der Waals surface area (Å²) in [6, 6.07) is 18.2. The lowest BCUT2D eigenvalue weighted by atomic mass is 10.0. The molecule has 0 unspecified atom stereocenters. The van der Waals surface area contributed by atoms with Crippen LogP contribution in [0.5, 0.6) is 0 Å². The van der Waals surface area contributed by atoms with Crippen molar-refractivity contribution in [1.29, 1.82) is 0 Å². The van der Waals surface area contributed by atoms with Gasteiger partial charge in [-0.2, -0.15) is 0 Å². The van der Waals surface area contributed by atoms with Gasteiger partial charge in [-0.15, -0.1) is 0 Å². The van der Waals surface area contributed by atoms with Gasteiger partial charge in [0.1, 0.15) is 18.8 Å². The van der Waals surface area contributed by atoms with Crippen molar-refractivity contribution in [2.45, 2.75) is 31.5 Å². The predicted molar refractivity (Wildman–Crippen MR) is 99.5 cm³/mol. The predicted octanol–water partition coefficient (Wildman–Crippen LogP) is 2.46. The van der Waals surface area contributed by atoms with E-state index in [2.05, 4.69) is 0 Å². The molecule has 0 radical (unpaired) electrons. The molecule has 0 spiro atoms. The first-order chi connectivity index (χ1) is 13.1. The second-order valence-electron chi connectivity index (χ2n) is 6.34. The normalized spacial score (nSPS) is 21.9. The van der Waals surface area contributed by atoms with Crippen LogP contribution in [-0.4, -0.2) is 46.1 Å². The third kappa shape index (κ3) is 5.17. The third-order valence-corrected chi connectivity index (χ3v) is 4.36. The summed E-state index contributed by atoms with van der Waals surface area (Å²) in [6.07, 6.45) is -0.0263. The highest BCUT2D eigenvalue weighted by Crippen LogP contribution is 2.19. The first-order valence-electron chi connectivity index (χ1n) is 8.80. The fraction of sp³-hybridized carbons (Fsp3) is 0.286. The van der Waals surface area contributed by atoms with E-state index >= 15 is 0 Å². The second kappa shape index (κ2) is 9.32. The summed E-state index contributed by atoms with van der Waals surface area (Å²) < 4.78 is 11.0. The number of carbonyl (C=O) groups is 1. The molecule has 0 fully saturated rings. The zero-order valence-corrected chi connectivity index (χ0v) is 14.8. The van der Waals surface area contributed by atoms with Crippen LogP contribution in [0.2, 0.25) is 0 Å². The second-order valence-corrected chi connectivity index (χ2v) is 6.34. The average Bonchev–Trinajstić information content (AvgIpc) is 2.71. The van der Waals surface area contributed by atoms with E-state index in [1.54, 1.807) is 0 Å². The number of ether oxygens (including phenoxy) is 2. The van der Waals surface area contributed by atoms with Gasteiger partial charge in [-0.3, -0.25) is 4.90 Å². The van der Waals surface area contributed by atoms with Gasteiger partial charge >= 0.3 is 6.09 Å². The highest BCUT2D eigenvalue weighted by atomic mass is 16.6. The van der Waals surface area contributed by atoms with Crippen molar-refractivity contribution in [3.8, 4) is 0 Å². The maximum Gasteiger partial charge on any atom is 0.414 e. The summed E-state index contributed by atoms with van der Waals surface area (Å²) in [7, 11) is 0. The van der Waals surface area contributed by atoms with Crippen LogP contribution in [-0.2, 0) is 22.7 Å². The van der Waals surface area contributed by atoms with Crippen LogP contribution in [0.25, 0.3) is 0 Å². The molecule has 1 heterocycles. The van der Waals surface area contributed by atoms with Crippen molar-refractivity contribution in [2.75, 3.05) is 6.61 Å². The number of carbonyl (C=O) groups excluding carboxylic acids is 1. The largest absolute Gasteiger partial charge is 0.444 e. The Balaban J connectivity index is 1.60. The minimum absolute atomic E-state index is 0.0674. The lowest BCUT2D eigenvalue weighted by Gasteiger charge is -2.36. The maximum absolute atomic E-state index is 12.5. The Labute approximate surface area is 158 Å². The summed E-state index contributed by atoms with van der Waals surface area (Å²) >= 11 is 0. The molecular formula is C21H23NO5. The van der Waals surface area contributed by atoms with Gasteiger partial charge in [0.05, 0.1) is 19.3 Å². The minimum atomic E-state index is -1.16. The molecule has 0 aromatic heterocycles. The van der Waals surface area contributed by atoms with Gasteiger partial charge in [-0.1, -0.05) is 60.7 Å². The highest BCUT2D eigenvalue weighted by molar-refractivity contribution is 5.70. The fourth-order valence-corrected chi connectivity index (χ4v) is 2.84. The number of amides is 1. The summed E-state index contributed by atoms with van der Waals surface area (Å²) in [5, 5.41) is 20.2. The smallest absolute Gasteiger partial charge is 0.414 e. The SMILES string of the molecule is O=C(OCc1ccccc1)N1C=C[C@@H](O)[C@H](O)[C@H]1COCc1ccccc1. The average molecular weight is 369 g/mol. The molecule has 6 heteroatoms. The Bertz CT molecular complexity index is 750. The van der Waals surface area contributed by atoms with Gasteiger partial charge in [-0.25, -0.2) is 4.79 Å². The van der Waals surface area contributed by atoms with Crippen LogP contribution >= 0.6 is 0 Å². The number of aliphatic hydroxyl groups is 2. The van der Waals surface area contributed by atoms with Crippen LogP contribution < -0.4 is 0 Å². The van der Waals surface area contributed by atoms with Crippen molar-refractivity contribution < 1.29 is 24.5 Å². The maximum atomic E-state index is 12.5. The van der Waals surface area contributed by atoms with Gasteiger partial charge in [0.2, 0.25) is 0 Å². The number of benzene rings is 2. The van der Waals surface area contributed by atoms with Crippen LogP contribution in [0.3, 0.4) is 0 Å². The molecule has 3 rings (SSSR count). The Hall–Kier alpha value is -2.67. The molecule has 2 aromatic rings. The van der Waals surface area contributed by atoms with Gasteiger partial charge < -0.3 is 19.7 Å². The number of rotatable bonds is 6. The molecule has 1 aliphatic rings. The van der Waals surface area contributed by atoms with E-state index < -0.39 is 24.3 Å². The first kappa shape index (κ1) is 19.1. The van der Waals surface area contributed by atoms with E-state index in [1.165, 1.54) is 17.2 Å². The van der Waals surface area contributed by atoms with Crippen molar-refractivity contribution in [3.05, 3.63) is 84.1 Å². The number of hydrogen-bond acceptors (Lipinski definition) is 5. The molecule has 27 heavy (non-hydrogen) atoms. The zero-order valence-electron chi connectivity index (χ0n) is 14.8. The topological polar surface area (TPSA) is 79.2 Å². The van der Waals surface area contributed by atoms with Crippen molar-refractivity contribution in [2.24, 2.45) is 0 Å². The molecule has 6 nitrogen and oxygen atoms in total. The summed E-state index contributed by atoms with van der Waals surface area (Å²) in [6.45, 7) is 0.537. The molecule has 0 saturated heterocycles. The van der Waals surface area contributed by atoms with E-state index in [9.17, 15) is 15.0 Å². The van der Waals surface area contributed by atoms with Crippen LogP contribution in [0, 0.1) is 0 Å². The molecule has 0 aliphatic carbocycles. The van der Waals surface area contributed by atoms with E-state index in [0.717, 1.165) is 11.1 Å². The first-order valence-corrected chi connectivity index (χ1v) is 8.80. The van der Waals surface area contributed by atoms with E-state index in [0.29, 0.717) is 6.61 Å². The van der Waals surface area contributed by atoms with Crippen molar-refractivity contribution in [1.82, 2.24) is 4.90 Å². The summed E-state index contributed by atoms with van der Waals surface area (Å²) in [5.41, 5.74) is 1.85. The highest BCUT2D eigenvalue weighted by Gasteiger charge is 2.36. The molecule has 1 aliphatic heterocycles. The molecule has 0 bridgehead atoms. The molecular weight excluding hydrogens is 346 g/mol. The Morgan fingerprint density at radius 2 is 1.52 bits per heavy atom. The van der Waals surface area contributed by atoms with E-state index in [-0.39, 0.29) is 13.2 Å². The third-order valence-electron chi connectivity index (χ3n) is 4.36. The number of hydrogen-bond donors (Lipinski definition) is 2. The van der Waals surface area contributed by atoms with Crippen molar-refractivity contribution >= 4 is 6.09 Å². The van der Waals surface area contributed by atoms with Gasteiger partial charge in [0, 0.05) is 6.20 Å². The van der Waals surface area contributed by atoms with Gasteiger partial charge in [-0.05, 0) is 17.2 Å². The standard InChI is InChI=1S/C21H23NO5/c23-19-11-12-22(21(25)27-14-17-9-5-2-6-10-17)18(20(19)24)15-26-13-16-7-3-1-4-8-16/h1-12,18-20,23-24H,13-15H2/t18-,19-,20-/m1/s1. The van der Waals surface area contributed by atoms with Gasteiger partial charge in [0.15, 0.2) is 0 Å². The molecule has 0 saturated carbocycles. The quantitative estimate of drug-likeness (QED) is 0.818. The Morgan fingerprint density at radius 1 is 0.926 bits per heavy atom. The number of nitrogens with zero attached hydrogens (tertiary/aromatic N) is 1. The summed E-state index contributed by atoms with van der Waals surface area (Å²) in [5.74, 6) is 0. The summed E-state index contributed by atoms with van der Waals surface area (Å²) in [4.78, 5) is 13.7. The fourth-order valence-electron chi connectivity index (χ4n) is 2.84. The van der Waals surface area contributed by atoms with Gasteiger partial charge in [0.25, 0.3) is 0 Å². The Kier molecular flexibility index (Phi) is 6.59. The lowest BCUT2D eigenvalue weighted by Crippen LogP contribution is -2.53. The van der Waals surface area contributed by atoms with Crippen molar-refractivity contribution in [3.63, 3.8) is 0 Å². The molecule has 2 N–H and O–H groups in total. The monoisotopic (exact) mass is 369 g/mol. The molecule has 142 valence electrons. The van der Waals surface area contributed by atoms with E-state index in [4.69, 9.17) is 9.47 Å². The molecule has 1 amide bonds. The molecule has 3 atom stereocenters. The number of aliphatic hydroxyl groups excluding tert-OH is 2. The lowest BCUT2D eigenvalue weighted by molar-refractivity contribution is -0.0503. The Morgan fingerprint density at radius 3 is 2.15 bits per heavy atom. The van der Waals surface area contributed by atoms with Crippen LogP contribution in [0.1, 0.15) is 11.1 Å². The van der Waals surface area contributed by atoms with Crippen LogP contribution in [0.15, 0.2) is 72.9 Å².